The number of hydrogen-bond acceptors (Lipinski definition) is 4. The van der Waals surface area contributed by atoms with Crippen LogP contribution in [0.5, 0.6) is 5.75 Å². The number of pyridine rings is 1. The van der Waals surface area contributed by atoms with Crippen molar-refractivity contribution in [1.29, 1.82) is 5.26 Å². The third-order valence-electron chi connectivity index (χ3n) is 3.34. The number of nitrogens with zero attached hydrogens (tertiary/aromatic N) is 2. The summed E-state index contributed by atoms with van der Waals surface area (Å²) in [5.41, 5.74) is 10.1. The molecule has 0 aliphatic heterocycles. The number of nitrogen functional groups attached to an aromatic ring is 1. The van der Waals surface area contributed by atoms with Gasteiger partial charge in [-0.15, -0.1) is 0 Å². The molecule has 0 saturated carbocycles. The Balaban J connectivity index is 2.71. The van der Waals surface area contributed by atoms with Gasteiger partial charge in [0.2, 0.25) is 0 Å². The second kappa shape index (κ2) is 4.99. The molecule has 0 saturated heterocycles. The van der Waals surface area contributed by atoms with E-state index in [-0.39, 0.29) is 5.82 Å². The molecule has 0 unspecified atom stereocenters. The minimum Gasteiger partial charge on any atom is -0.496 e. The van der Waals surface area contributed by atoms with Crippen LogP contribution in [0.25, 0.3) is 11.1 Å². The minimum atomic E-state index is 0.257. The Bertz CT molecular complexity index is 672. The first-order chi connectivity index (χ1) is 9.10. The van der Waals surface area contributed by atoms with Gasteiger partial charge < -0.3 is 10.5 Å². The summed E-state index contributed by atoms with van der Waals surface area (Å²) < 4.78 is 5.29. The van der Waals surface area contributed by atoms with Gasteiger partial charge in [0.1, 0.15) is 23.2 Å². The smallest absolute Gasteiger partial charge is 0.141 e. The van der Waals surface area contributed by atoms with E-state index in [2.05, 4.69) is 11.1 Å². The topological polar surface area (TPSA) is 71.9 Å². The van der Waals surface area contributed by atoms with Gasteiger partial charge in [-0.2, -0.15) is 5.26 Å². The van der Waals surface area contributed by atoms with Gasteiger partial charge >= 0.3 is 0 Å². The lowest BCUT2D eigenvalue weighted by atomic mass is 9.94. The minimum absolute atomic E-state index is 0.257. The van der Waals surface area contributed by atoms with Crippen LogP contribution in [0.3, 0.4) is 0 Å². The maximum absolute atomic E-state index is 9.23. The lowest BCUT2D eigenvalue weighted by Crippen LogP contribution is -1.99. The highest BCUT2D eigenvalue weighted by Gasteiger charge is 2.13. The Hall–Kier alpha value is -2.54. The van der Waals surface area contributed by atoms with Gasteiger partial charge in [0.25, 0.3) is 0 Å². The molecule has 0 radical (unpaired) electrons. The highest BCUT2D eigenvalue weighted by Crippen LogP contribution is 2.33. The SMILES string of the molecule is COc1ccc(-c2ccnc(N)c2C#N)c(C)c1C. The molecule has 0 bridgehead atoms. The van der Waals surface area contributed by atoms with Gasteiger partial charge in [-0.05, 0) is 42.7 Å². The number of nitrogens with two attached hydrogens (primary N) is 1. The maximum Gasteiger partial charge on any atom is 0.141 e. The number of hydrogen-bond donors (Lipinski definition) is 1. The zero-order valence-corrected chi connectivity index (χ0v) is 11.2. The molecule has 2 rings (SSSR count). The summed E-state index contributed by atoms with van der Waals surface area (Å²) in [6.07, 6.45) is 1.62. The fourth-order valence-electron chi connectivity index (χ4n) is 2.13. The molecule has 0 atom stereocenters. The number of rotatable bonds is 2. The third kappa shape index (κ3) is 2.11. The molecule has 4 heteroatoms. The van der Waals surface area contributed by atoms with Crippen LogP contribution in [0.2, 0.25) is 0 Å². The van der Waals surface area contributed by atoms with Crippen LogP contribution in [0.4, 0.5) is 5.82 Å². The second-order valence-electron chi connectivity index (χ2n) is 4.30. The number of aromatic nitrogens is 1. The number of methoxy groups -OCH3 is 1. The van der Waals surface area contributed by atoms with Crippen LogP contribution >= 0.6 is 0 Å². The molecule has 2 aromatic rings. The first kappa shape index (κ1) is 12.9. The molecule has 19 heavy (non-hydrogen) atoms. The van der Waals surface area contributed by atoms with Crippen molar-refractivity contribution in [3.05, 3.63) is 41.1 Å². The average molecular weight is 253 g/mol. The van der Waals surface area contributed by atoms with E-state index in [1.54, 1.807) is 13.3 Å². The van der Waals surface area contributed by atoms with Crippen LogP contribution < -0.4 is 10.5 Å². The first-order valence-corrected chi connectivity index (χ1v) is 5.89. The molecule has 0 aliphatic rings. The van der Waals surface area contributed by atoms with Crippen molar-refractivity contribution in [2.75, 3.05) is 12.8 Å². The van der Waals surface area contributed by atoms with Crippen molar-refractivity contribution in [1.82, 2.24) is 4.98 Å². The zero-order valence-electron chi connectivity index (χ0n) is 11.2. The summed E-state index contributed by atoms with van der Waals surface area (Å²) in [4.78, 5) is 3.95. The number of ether oxygens (including phenoxy) is 1. The molecule has 0 fully saturated rings. The molecule has 0 spiro atoms. The standard InChI is InChI=1S/C15H15N3O/c1-9-10(2)14(19-3)5-4-11(9)12-6-7-18-15(17)13(12)8-16/h4-7H,1-3H3,(H2,17,18). The second-order valence-corrected chi connectivity index (χ2v) is 4.30. The monoisotopic (exact) mass is 253 g/mol. The molecule has 1 heterocycles. The summed E-state index contributed by atoms with van der Waals surface area (Å²) in [7, 11) is 1.65. The molecular weight excluding hydrogens is 238 g/mol. The Morgan fingerprint density at radius 3 is 2.53 bits per heavy atom. The van der Waals surface area contributed by atoms with E-state index in [0.717, 1.165) is 28.0 Å². The normalized spacial score (nSPS) is 10.0. The Labute approximate surface area is 112 Å². The summed E-state index contributed by atoms with van der Waals surface area (Å²) in [5.74, 6) is 1.09. The number of nitriles is 1. The number of anilines is 1. The Kier molecular flexibility index (Phi) is 3.39. The average Bonchev–Trinajstić information content (AvgIpc) is 2.41. The van der Waals surface area contributed by atoms with Crippen molar-refractivity contribution < 1.29 is 4.74 Å². The summed E-state index contributed by atoms with van der Waals surface area (Å²) in [5, 5.41) is 9.23. The third-order valence-corrected chi connectivity index (χ3v) is 3.34. The zero-order chi connectivity index (χ0) is 14.0. The van der Waals surface area contributed by atoms with Gasteiger partial charge in [0.15, 0.2) is 0 Å². The fraction of sp³-hybridized carbons (Fsp3) is 0.200. The Morgan fingerprint density at radius 2 is 1.89 bits per heavy atom. The predicted octanol–water partition coefficient (Wildman–Crippen LogP) is 2.83. The van der Waals surface area contributed by atoms with Crippen LogP contribution in [0, 0.1) is 25.2 Å². The summed E-state index contributed by atoms with van der Waals surface area (Å²) >= 11 is 0. The molecule has 2 N–H and O–H groups in total. The molecule has 0 aliphatic carbocycles. The number of benzene rings is 1. The molecule has 1 aromatic carbocycles. The lowest BCUT2D eigenvalue weighted by molar-refractivity contribution is 0.411. The Morgan fingerprint density at radius 1 is 1.16 bits per heavy atom. The lowest BCUT2D eigenvalue weighted by Gasteiger charge is -2.14. The molecule has 1 aromatic heterocycles. The van der Waals surface area contributed by atoms with Crippen LogP contribution in [-0.4, -0.2) is 12.1 Å². The summed E-state index contributed by atoms with van der Waals surface area (Å²) in [6, 6.07) is 7.77. The van der Waals surface area contributed by atoms with E-state index >= 15 is 0 Å². The van der Waals surface area contributed by atoms with Crippen molar-refractivity contribution in [2.45, 2.75) is 13.8 Å². The fourth-order valence-corrected chi connectivity index (χ4v) is 2.13. The van der Waals surface area contributed by atoms with Crippen molar-refractivity contribution in [3.8, 4) is 22.9 Å². The van der Waals surface area contributed by atoms with Gasteiger partial charge in [-0.1, -0.05) is 6.07 Å². The van der Waals surface area contributed by atoms with Gasteiger partial charge in [0, 0.05) is 11.8 Å². The molecular formula is C15H15N3O. The van der Waals surface area contributed by atoms with Gasteiger partial charge in [-0.3, -0.25) is 0 Å². The highest BCUT2D eigenvalue weighted by atomic mass is 16.5. The largest absolute Gasteiger partial charge is 0.496 e. The van der Waals surface area contributed by atoms with Crippen molar-refractivity contribution >= 4 is 5.82 Å². The summed E-state index contributed by atoms with van der Waals surface area (Å²) in [6.45, 7) is 4.00. The van der Waals surface area contributed by atoms with Gasteiger partial charge in [0.05, 0.1) is 7.11 Å². The van der Waals surface area contributed by atoms with Crippen LogP contribution in [0.1, 0.15) is 16.7 Å². The molecule has 0 amide bonds. The molecule has 96 valence electrons. The predicted molar refractivity (Wildman–Crippen MR) is 74.8 cm³/mol. The van der Waals surface area contributed by atoms with E-state index in [9.17, 15) is 5.26 Å². The quantitative estimate of drug-likeness (QED) is 0.893. The van der Waals surface area contributed by atoms with Crippen molar-refractivity contribution in [3.63, 3.8) is 0 Å². The van der Waals surface area contributed by atoms with Crippen molar-refractivity contribution in [2.24, 2.45) is 0 Å². The molecule has 4 nitrogen and oxygen atoms in total. The highest BCUT2D eigenvalue weighted by molar-refractivity contribution is 5.78. The van der Waals surface area contributed by atoms with E-state index in [4.69, 9.17) is 10.5 Å². The van der Waals surface area contributed by atoms with Gasteiger partial charge in [-0.25, -0.2) is 4.98 Å². The van der Waals surface area contributed by atoms with E-state index in [1.165, 1.54) is 0 Å². The van der Waals surface area contributed by atoms with E-state index in [1.807, 2.05) is 32.0 Å². The first-order valence-electron chi connectivity index (χ1n) is 5.89. The van der Waals surface area contributed by atoms with Crippen LogP contribution in [-0.2, 0) is 0 Å². The van der Waals surface area contributed by atoms with E-state index in [0.29, 0.717) is 5.56 Å². The maximum atomic E-state index is 9.23. The van der Waals surface area contributed by atoms with E-state index < -0.39 is 0 Å². The van der Waals surface area contributed by atoms with Crippen LogP contribution in [0.15, 0.2) is 24.4 Å².